The van der Waals surface area contributed by atoms with Crippen LogP contribution in [0.1, 0.15) is 17.5 Å². The third kappa shape index (κ3) is 3.80. The summed E-state index contributed by atoms with van der Waals surface area (Å²) in [6.45, 7) is 9.82. The quantitative estimate of drug-likeness (QED) is 0.874. The minimum atomic E-state index is 0.776. The van der Waals surface area contributed by atoms with E-state index in [1.54, 1.807) is 0 Å². The van der Waals surface area contributed by atoms with Crippen molar-refractivity contribution in [3.8, 4) is 0 Å². The van der Waals surface area contributed by atoms with E-state index in [-0.39, 0.29) is 0 Å². The average molecular weight is 247 g/mol. The Kier molecular flexibility index (Phi) is 5.17. The minimum absolute atomic E-state index is 0.776. The number of nitrogens with zero attached hydrogens (tertiary/aromatic N) is 2. The van der Waals surface area contributed by atoms with Crippen LogP contribution < -0.4 is 5.73 Å². The first kappa shape index (κ1) is 13.5. The zero-order valence-electron chi connectivity index (χ0n) is 11.4. The van der Waals surface area contributed by atoms with Gasteiger partial charge in [0.15, 0.2) is 0 Å². The largest absolute Gasteiger partial charge is 0.329 e. The minimum Gasteiger partial charge on any atom is -0.329 e. The van der Waals surface area contributed by atoms with Gasteiger partial charge in [0.05, 0.1) is 0 Å². The van der Waals surface area contributed by atoms with Crippen LogP contribution in [0.5, 0.6) is 0 Å². The fourth-order valence-electron chi connectivity index (χ4n) is 2.62. The van der Waals surface area contributed by atoms with Crippen LogP contribution >= 0.6 is 0 Å². The maximum absolute atomic E-state index is 5.63. The zero-order chi connectivity index (χ0) is 12.8. The lowest BCUT2D eigenvalue weighted by atomic mass is 10.1. The fourth-order valence-corrected chi connectivity index (χ4v) is 2.62. The monoisotopic (exact) mass is 247 g/mol. The number of rotatable bonds is 4. The van der Waals surface area contributed by atoms with Crippen molar-refractivity contribution in [3.63, 3.8) is 0 Å². The van der Waals surface area contributed by atoms with E-state index in [0.717, 1.165) is 32.7 Å². The van der Waals surface area contributed by atoms with E-state index < -0.39 is 0 Å². The summed E-state index contributed by atoms with van der Waals surface area (Å²) in [7, 11) is 0. The molecule has 2 N–H and O–H groups in total. The molecule has 0 spiro atoms. The molecule has 1 aliphatic heterocycles. The Balaban J connectivity index is 1.89. The molecule has 0 aliphatic carbocycles. The van der Waals surface area contributed by atoms with Crippen molar-refractivity contribution >= 4 is 0 Å². The van der Waals surface area contributed by atoms with E-state index in [1.165, 1.54) is 30.6 Å². The molecule has 0 amide bonds. The molecule has 2 rings (SSSR count). The SMILES string of the molecule is Cc1ccccc1CN1CCCN(CCN)CC1. The third-order valence-corrected chi connectivity index (χ3v) is 3.78. The van der Waals surface area contributed by atoms with Gasteiger partial charge in [0.2, 0.25) is 0 Å². The second-order valence-corrected chi connectivity index (χ2v) is 5.19. The molecular formula is C15H25N3. The molecule has 1 heterocycles. The summed E-state index contributed by atoms with van der Waals surface area (Å²) in [6.07, 6.45) is 1.26. The van der Waals surface area contributed by atoms with E-state index in [1.807, 2.05) is 0 Å². The molecule has 0 aromatic heterocycles. The van der Waals surface area contributed by atoms with Crippen LogP contribution in [0.15, 0.2) is 24.3 Å². The molecule has 3 nitrogen and oxygen atoms in total. The van der Waals surface area contributed by atoms with Crippen molar-refractivity contribution in [3.05, 3.63) is 35.4 Å². The molecule has 0 bridgehead atoms. The molecule has 1 fully saturated rings. The lowest BCUT2D eigenvalue weighted by molar-refractivity contribution is 0.254. The topological polar surface area (TPSA) is 32.5 Å². The molecular weight excluding hydrogens is 222 g/mol. The van der Waals surface area contributed by atoms with Crippen molar-refractivity contribution in [1.29, 1.82) is 0 Å². The van der Waals surface area contributed by atoms with Crippen LogP contribution in [0.2, 0.25) is 0 Å². The maximum atomic E-state index is 5.63. The molecule has 1 aromatic rings. The van der Waals surface area contributed by atoms with Gasteiger partial charge in [-0.1, -0.05) is 24.3 Å². The molecule has 0 saturated carbocycles. The number of hydrogen-bond donors (Lipinski definition) is 1. The zero-order valence-corrected chi connectivity index (χ0v) is 11.4. The summed E-state index contributed by atoms with van der Waals surface area (Å²) in [5.41, 5.74) is 8.50. The van der Waals surface area contributed by atoms with Gasteiger partial charge >= 0.3 is 0 Å². The van der Waals surface area contributed by atoms with Gasteiger partial charge in [-0.2, -0.15) is 0 Å². The molecule has 0 atom stereocenters. The highest BCUT2D eigenvalue weighted by atomic mass is 15.2. The summed E-state index contributed by atoms with van der Waals surface area (Å²) in [4.78, 5) is 5.05. The predicted molar refractivity (Wildman–Crippen MR) is 76.6 cm³/mol. The number of nitrogens with two attached hydrogens (primary N) is 1. The second kappa shape index (κ2) is 6.88. The van der Waals surface area contributed by atoms with Crippen LogP contribution in [0.3, 0.4) is 0 Å². The van der Waals surface area contributed by atoms with Gasteiger partial charge < -0.3 is 10.6 Å². The Morgan fingerprint density at radius 1 is 1.06 bits per heavy atom. The van der Waals surface area contributed by atoms with Crippen LogP contribution in [0, 0.1) is 6.92 Å². The smallest absolute Gasteiger partial charge is 0.0236 e. The van der Waals surface area contributed by atoms with E-state index in [2.05, 4.69) is 41.0 Å². The van der Waals surface area contributed by atoms with E-state index in [0.29, 0.717) is 0 Å². The highest BCUT2D eigenvalue weighted by molar-refractivity contribution is 5.25. The van der Waals surface area contributed by atoms with Gasteiger partial charge in [-0.25, -0.2) is 0 Å². The Morgan fingerprint density at radius 3 is 2.56 bits per heavy atom. The van der Waals surface area contributed by atoms with Crippen molar-refractivity contribution in [1.82, 2.24) is 9.80 Å². The van der Waals surface area contributed by atoms with Gasteiger partial charge in [-0.15, -0.1) is 0 Å². The average Bonchev–Trinajstić information content (AvgIpc) is 2.59. The normalized spacial score (nSPS) is 18.8. The fraction of sp³-hybridized carbons (Fsp3) is 0.600. The lowest BCUT2D eigenvalue weighted by Gasteiger charge is -2.22. The van der Waals surface area contributed by atoms with Crippen LogP contribution in [0.4, 0.5) is 0 Å². The first-order valence-corrected chi connectivity index (χ1v) is 6.99. The summed E-state index contributed by atoms with van der Waals surface area (Å²) >= 11 is 0. The molecule has 3 heteroatoms. The van der Waals surface area contributed by atoms with Crippen LogP contribution in [0.25, 0.3) is 0 Å². The van der Waals surface area contributed by atoms with Crippen molar-refractivity contribution in [2.45, 2.75) is 19.9 Å². The number of benzene rings is 1. The van der Waals surface area contributed by atoms with Gasteiger partial charge in [-0.3, -0.25) is 4.90 Å². The molecule has 0 radical (unpaired) electrons. The third-order valence-electron chi connectivity index (χ3n) is 3.78. The van der Waals surface area contributed by atoms with Gasteiger partial charge in [0.1, 0.15) is 0 Å². The van der Waals surface area contributed by atoms with Crippen molar-refractivity contribution < 1.29 is 0 Å². The highest BCUT2D eigenvalue weighted by Crippen LogP contribution is 2.12. The molecule has 1 saturated heterocycles. The van der Waals surface area contributed by atoms with Gasteiger partial charge in [0.25, 0.3) is 0 Å². The molecule has 100 valence electrons. The first-order valence-electron chi connectivity index (χ1n) is 6.99. The van der Waals surface area contributed by atoms with E-state index in [4.69, 9.17) is 5.73 Å². The summed E-state index contributed by atoms with van der Waals surface area (Å²) < 4.78 is 0. The Morgan fingerprint density at radius 2 is 1.78 bits per heavy atom. The van der Waals surface area contributed by atoms with Crippen LogP contribution in [-0.2, 0) is 6.54 Å². The number of aryl methyl sites for hydroxylation is 1. The van der Waals surface area contributed by atoms with Crippen molar-refractivity contribution in [2.75, 3.05) is 39.3 Å². The van der Waals surface area contributed by atoms with Crippen LogP contribution in [-0.4, -0.2) is 49.1 Å². The predicted octanol–water partition coefficient (Wildman–Crippen LogP) is 1.46. The standard InChI is InChI=1S/C15H25N3/c1-14-5-2-3-6-15(14)13-18-9-4-8-17(10-7-16)11-12-18/h2-3,5-6H,4,7-13,16H2,1H3. The van der Waals surface area contributed by atoms with Crippen molar-refractivity contribution in [2.24, 2.45) is 5.73 Å². The maximum Gasteiger partial charge on any atom is 0.0236 e. The molecule has 1 aliphatic rings. The highest BCUT2D eigenvalue weighted by Gasteiger charge is 2.14. The summed E-state index contributed by atoms with van der Waals surface area (Å²) in [5, 5.41) is 0. The molecule has 0 unspecified atom stereocenters. The summed E-state index contributed by atoms with van der Waals surface area (Å²) in [6, 6.07) is 8.71. The molecule has 18 heavy (non-hydrogen) atoms. The summed E-state index contributed by atoms with van der Waals surface area (Å²) in [5.74, 6) is 0. The molecule has 1 aromatic carbocycles. The second-order valence-electron chi connectivity index (χ2n) is 5.19. The van der Waals surface area contributed by atoms with E-state index >= 15 is 0 Å². The number of hydrogen-bond acceptors (Lipinski definition) is 3. The van der Waals surface area contributed by atoms with Gasteiger partial charge in [0, 0.05) is 32.7 Å². The Bertz CT molecular complexity index is 365. The Hall–Kier alpha value is -0.900. The lowest BCUT2D eigenvalue weighted by Crippen LogP contribution is -2.33. The van der Waals surface area contributed by atoms with E-state index in [9.17, 15) is 0 Å². The van der Waals surface area contributed by atoms with Gasteiger partial charge in [-0.05, 0) is 37.6 Å². The Labute approximate surface area is 111 Å². The first-order chi connectivity index (χ1) is 8.79.